The third kappa shape index (κ3) is 5.82. The van der Waals surface area contributed by atoms with Gasteiger partial charge in [-0.2, -0.15) is 0 Å². The van der Waals surface area contributed by atoms with Crippen molar-refractivity contribution in [1.82, 2.24) is 14.9 Å². The number of anilines is 2. The van der Waals surface area contributed by atoms with Gasteiger partial charge in [-0.15, -0.1) is 0 Å². The van der Waals surface area contributed by atoms with E-state index in [4.69, 9.17) is 10.5 Å². The number of carboxylic acid groups (broad SMARTS) is 1. The molecule has 0 radical (unpaired) electrons. The lowest BCUT2D eigenvalue weighted by atomic mass is 9.77. The number of rotatable bonds is 6. The zero-order valence-corrected chi connectivity index (χ0v) is 20.4. The summed E-state index contributed by atoms with van der Waals surface area (Å²) in [7, 11) is 0. The van der Waals surface area contributed by atoms with Crippen molar-refractivity contribution >= 4 is 17.7 Å². The van der Waals surface area contributed by atoms with E-state index in [0.717, 1.165) is 35.5 Å². The van der Waals surface area contributed by atoms with Crippen LogP contribution in [0.25, 0.3) is 11.1 Å². The fourth-order valence-electron chi connectivity index (χ4n) is 4.65. The molecule has 1 aliphatic rings. The summed E-state index contributed by atoms with van der Waals surface area (Å²) in [6, 6.07) is 17.3. The summed E-state index contributed by atoms with van der Waals surface area (Å²) in [4.78, 5) is 22.0. The number of nitrogens with two attached hydrogens (primary N) is 1. The molecule has 3 aromatic rings. The van der Waals surface area contributed by atoms with Crippen molar-refractivity contribution in [3.05, 3.63) is 60.9 Å². The van der Waals surface area contributed by atoms with Crippen molar-refractivity contribution in [2.75, 3.05) is 24.1 Å². The highest BCUT2D eigenvalue weighted by atomic mass is 16.5. The highest BCUT2D eigenvalue weighted by Gasteiger charge is 2.38. The lowest BCUT2D eigenvalue weighted by Gasteiger charge is -2.44. The number of amides is 1. The molecule has 4 N–H and O–H groups in total. The number of hydrogen-bond donors (Lipinski definition) is 3. The summed E-state index contributed by atoms with van der Waals surface area (Å²) in [5.41, 5.74) is 7.76. The van der Waals surface area contributed by atoms with E-state index in [9.17, 15) is 9.90 Å². The maximum atomic E-state index is 11.7. The molecule has 1 fully saturated rings. The molecule has 1 aliphatic heterocycles. The molecule has 0 saturated carbocycles. The van der Waals surface area contributed by atoms with Gasteiger partial charge in [0.1, 0.15) is 29.5 Å². The van der Waals surface area contributed by atoms with Crippen LogP contribution >= 0.6 is 0 Å². The maximum Gasteiger partial charge on any atom is 0.407 e. The number of piperidine rings is 1. The van der Waals surface area contributed by atoms with E-state index >= 15 is 0 Å². The summed E-state index contributed by atoms with van der Waals surface area (Å²) < 4.78 is 5.90. The smallest absolute Gasteiger partial charge is 0.407 e. The minimum absolute atomic E-state index is 0.0346. The highest BCUT2D eigenvalue weighted by Crippen LogP contribution is 2.36. The average Bonchev–Trinajstić information content (AvgIpc) is 2.83. The van der Waals surface area contributed by atoms with Crippen molar-refractivity contribution in [3.63, 3.8) is 0 Å². The van der Waals surface area contributed by atoms with Gasteiger partial charge in [0, 0.05) is 19.1 Å². The Labute approximate surface area is 206 Å². The molecule has 35 heavy (non-hydrogen) atoms. The second-order valence-electron chi connectivity index (χ2n) is 10.1. The van der Waals surface area contributed by atoms with Crippen LogP contribution in [0.1, 0.15) is 33.6 Å². The molecule has 184 valence electrons. The monoisotopic (exact) mass is 475 g/mol. The normalized spacial score (nSPS) is 18.2. The molecule has 2 unspecified atom stereocenters. The SMILES string of the molecule is CC(C)(C)C1CC(CNc2ncnc(N)c2-c2ccc(Oc3ccccc3)cc2)CCN1C(=O)O. The van der Waals surface area contributed by atoms with Gasteiger partial charge in [0.2, 0.25) is 0 Å². The zero-order chi connectivity index (χ0) is 25.0. The second kappa shape index (κ2) is 10.2. The molecule has 2 atom stereocenters. The van der Waals surface area contributed by atoms with E-state index in [1.165, 1.54) is 6.33 Å². The van der Waals surface area contributed by atoms with Crippen molar-refractivity contribution < 1.29 is 14.6 Å². The lowest BCUT2D eigenvalue weighted by Crippen LogP contribution is -2.52. The first-order valence-electron chi connectivity index (χ1n) is 11.9. The number of ether oxygens (including phenoxy) is 1. The first-order chi connectivity index (χ1) is 16.7. The van der Waals surface area contributed by atoms with Crippen LogP contribution in [0.3, 0.4) is 0 Å². The van der Waals surface area contributed by atoms with Gasteiger partial charge in [-0.25, -0.2) is 14.8 Å². The van der Waals surface area contributed by atoms with E-state index in [1.807, 2.05) is 54.6 Å². The van der Waals surface area contributed by atoms with Crippen molar-refractivity contribution in [1.29, 1.82) is 0 Å². The minimum Gasteiger partial charge on any atom is -0.465 e. The molecule has 0 spiro atoms. The Morgan fingerprint density at radius 1 is 1.11 bits per heavy atom. The van der Waals surface area contributed by atoms with Gasteiger partial charge in [-0.1, -0.05) is 51.1 Å². The van der Waals surface area contributed by atoms with Crippen LogP contribution in [0.4, 0.5) is 16.4 Å². The molecule has 1 aromatic heterocycles. The molecular weight excluding hydrogens is 442 g/mol. The van der Waals surface area contributed by atoms with Crippen molar-refractivity contribution in [3.8, 4) is 22.6 Å². The van der Waals surface area contributed by atoms with Crippen LogP contribution in [0.5, 0.6) is 11.5 Å². The molecule has 1 amide bonds. The Kier molecular flexibility index (Phi) is 7.10. The minimum atomic E-state index is -0.845. The van der Waals surface area contributed by atoms with Crippen LogP contribution in [0.2, 0.25) is 0 Å². The molecule has 0 bridgehead atoms. The Morgan fingerprint density at radius 2 is 1.80 bits per heavy atom. The number of aromatic nitrogens is 2. The van der Waals surface area contributed by atoms with Crippen LogP contribution in [0, 0.1) is 11.3 Å². The number of nitrogens with zero attached hydrogens (tertiary/aromatic N) is 3. The highest BCUT2D eigenvalue weighted by molar-refractivity contribution is 5.83. The predicted octanol–water partition coefficient (Wildman–Crippen LogP) is 5.73. The summed E-state index contributed by atoms with van der Waals surface area (Å²) in [6.45, 7) is 7.50. The number of hydrogen-bond acceptors (Lipinski definition) is 6. The van der Waals surface area contributed by atoms with Crippen molar-refractivity contribution in [2.24, 2.45) is 11.3 Å². The number of nitrogen functional groups attached to an aromatic ring is 1. The van der Waals surface area contributed by atoms with E-state index in [0.29, 0.717) is 30.6 Å². The Morgan fingerprint density at radius 3 is 2.46 bits per heavy atom. The van der Waals surface area contributed by atoms with Gasteiger partial charge in [0.15, 0.2) is 0 Å². The number of carbonyl (C=O) groups is 1. The van der Waals surface area contributed by atoms with Crippen LogP contribution < -0.4 is 15.8 Å². The topological polar surface area (TPSA) is 114 Å². The lowest BCUT2D eigenvalue weighted by molar-refractivity contribution is 0.0428. The van der Waals surface area contributed by atoms with Crippen molar-refractivity contribution in [2.45, 2.75) is 39.7 Å². The molecule has 1 saturated heterocycles. The molecule has 2 heterocycles. The quantitative estimate of drug-likeness (QED) is 0.417. The van der Waals surface area contributed by atoms with Gasteiger partial charge in [0.25, 0.3) is 0 Å². The van der Waals surface area contributed by atoms with Gasteiger partial charge in [0.05, 0.1) is 5.56 Å². The average molecular weight is 476 g/mol. The Hall–Kier alpha value is -3.81. The van der Waals surface area contributed by atoms with E-state index in [-0.39, 0.29) is 11.5 Å². The van der Waals surface area contributed by atoms with Gasteiger partial charge < -0.3 is 25.8 Å². The number of likely N-dealkylation sites (tertiary alicyclic amines) is 1. The standard InChI is InChI=1S/C27H33N5O3/c1-27(2,3)22-15-18(13-14-32(22)26(33)34)16-29-25-23(24(28)30-17-31-25)19-9-11-21(12-10-19)35-20-7-5-4-6-8-20/h4-12,17-18,22H,13-16H2,1-3H3,(H,33,34)(H3,28,29,30,31). The molecule has 2 aromatic carbocycles. The number of nitrogens with one attached hydrogen (secondary N) is 1. The summed E-state index contributed by atoms with van der Waals surface area (Å²) in [5, 5.41) is 13.1. The Bertz CT molecular complexity index is 1150. The zero-order valence-electron chi connectivity index (χ0n) is 20.4. The summed E-state index contributed by atoms with van der Waals surface area (Å²) in [6.07, 6.45) is 2.21. The largest absolute Gasteiger partial charge is 0.465 e. The predicted molar refractivity (Wildman–Crippen MR) is 138 cm³/mol. The maximum absolute atomic E-state index is 11.7. The van der Waals surface area contributed by atoms with E-state index in [1.54, 1.807) is 4.90 Å². The second-order valence-corrected chi connectivity index (χ2v) is 10.1. The first kappa shape index (κ1) is 24.3. The number of para-hydroxylation sites is 1. The van der Waals surface area contributed by atoms with Gasteiger partial charge >= 0.3 is 6.09 Å². The molecule has 8 heteroatoms. The summed E-state index contributed by atoms with van der Waals surface area (Å²) >= 11 is 0. The molecular formula is C27H33N5O3. The van der Waals surface area contributed by atoms with Crippen LogP contribution in [0.15, 0.2) is 60.9 Å². The number of benzene rings is 2. The third-order valence-electron chi connectivity index (χ3n) is 6.51. The third-order valence-corrected chi connectivity index (χ3v) is 6.51. The summed E-state index contributed by atoms with van der Waals surface area (Å²) in [5.74, 6) is 2.88. The molecule has 0 aliphatic carbocycles. The fraction of sp³-hybridized carbons (Fsp3) is 0.370. The molecule has 8 nitrogen and oxygen atoms in total. The van der Waals surface area contributed by atoms with Gasteiger partial charge in [-0.05, 0) is 54.0 Å². The van der Waals surface area contributed by atoms with Crippen LogP contribution in [-0.4, -0.2) is 45.2 Å². The Balaban J connectivity index is 1.48. The van der Waals surface area contributed by atoms with Crippen LogP contribution in [-0.2, 0) is 0 Å². The first-order valence-corrected chi connectivity index (χ1v) is 11.9. The van der Waals surface area contributed by atoms with E-state index in [2.05, 4.69) is 36.1 Å². The van der Waals surface area contributed by atoms with Gasteiger partial charge in [-0.3, -0.25) is 0 Å². The fourth-order valence-corrected chi connectivity index (χ4v) is 4.65. The van der Waals surface area contributed by atoms with E-state index < -0.39 is 6.09 Å². The molecule has 4 rings (SSSR count).